The molecule has 1 aromatic heterocycles. The number of nitrogens with one attached hydrogen (secondary N) is 1. The molecule has 8 nitrogen and oxygen atoms in total. The van der Waals surface area contributed by atoms with Crippen LogP contribution in [0.15, 0.2) is 52.3 Å². The first kappa shape index (κ1) is 19.1. The quantitative estimate of drug-likeness (QED) is 0.800. The number of carbonyl (C=O) groups excluding carboxylic acids is 1. The van der Waals surface area contributed by atoms with Crippen molar-refractivity contribution in [2.45, 2.75) is 24.3 Å². The van der Waals surface area contributed by atoms with Crippen LogP contribution >= 0.6 is 0 Å². The van der Waals surface area contributed by atoms with E-state index in [1.807, 2.05) is 0 Å². The van der Waals surface area contributed by atoms with Crippen LogP contribution < -0.4 is 15.6 Å². The van der Waals surface area contributed by atoms with E-state index in [0.717, 1.165) is 17.4 Å². The second kappa shape index (κ2) is 7.93. The molecule has 1 N–H and O–H groups in total. The van der Waals surface area contributed by atoms with E-state index in [1.165, 1.54) is 29.7 Å². The Bertz CT molecular complexity index is 994. The van der Waals surface area contributed by atoms with Crippen LogP contribution in [-0.4, -0.2) is 43.4 Å². The van der Waals surface area contributed by atoms with Crippen molar-refractivity contribution in [2.75, 3.05) is 25.5 Å². The van der Waals surface area contributed by atoms with E-state index in [4.69, 9.17) is 4.74 Å². The van der Waals surface area contributed by atoms with Crippen LogP contribution in [-0.2, 0) is 21.4 Å². The lowest BCUT2D eigenvalue weighted by atomic mass is 10.3. The van der Waals surface area contributed by atoms with Crippen LogP contribution in [0.3, 0.4) is 0 Å². The van der Waals surface area contributed by atoms with E-state index in [-0.39, 0.29) is 11.4 Å². The van der Waals surface area contributed by atoms with Gasteiger partial charge in [0.15, 0.2) is 0 Å². The molecule has 1 aliphatic heterocycles. The zero-order valence-electron chi connectivity index (χ0n) is 14.9. The third kappa shape index (κ3) is 4.20. The van der Waals surface area contributed by atoms with Crippen molar-refractivity contribution in [3.63, 3.8) is 0 Å². The third-order valence-corrected chi connectivity index (χ3v) is 6.25. The number of pyridine rings is 1. The lowest BCUT2D eigenvalue weighted by molar-refractivity contribution is -0.116. The van der Waals surface area contributed by atoms with Crippen molar-refractivity contribution in [1.82, 2.24) is 8.87 Å². The molecule has 144 valence electrons. The summed E-state index contributed by atoms with van der Waals surface area (Å²) < 4.78 is 32.8. The van der Waals surface area contributed by atoms with Crippen LogP contribution in [0, 0.1) is 0 Å². The van der Waals surface area contributed by atoms with Gasteiger partial charge >= 0.3 is 0 Å². The molecular weight excluding hydrogens is 370 g/mol. The number of carbonyl (C=O) groups is 1. The number of anilines is 1. The predicted octanol–water partition coefficient (Wildman–Crippen LogP) is 1.28. The number of ether oxygens (including phenoxy) is 1. The SMILES string of the molecule is COc1cccc(NC(=O)Cn2cccc(S(=O)(=O)N3CCCC3)c2=O)c1. The van der Waals surface area contributed by atoms with Gasteiger partial charge in [0, 0.05) is 31.0 Å². The first-order chi connectivity index (χ1) is 12.9. The van der Waals surface area contributed by atoms with Gasteiger partial charge in [0.2, 0.25) is 15.9 Å². The summed E-state index contributed by atoms with van der Waals surface area (Å²) in [5.74, 6) is 0.143. The number of hydrogen-bond acceptors (Lipinski definition) is 5. The Morgan fingerprint density at radius 1 is 1.19 bits per heavy atom. The molecule has 9 heteroatoms. The van der Waals surface area contributed by atoms with Gasteiger partial charge in [0.25, 0.3) is 5.56 Å². The lowest BCUT2D eigenvalue weighted by Gasteiger charge is -2.16. The molecule has 0 bridgehead atoms. The normalized spacial score (nSPS) is 14.9. The zero-order valence-corrected chi connectivity index (χ0v) is 15.7. The molecule has 3 rings (SSSR count). The maximum atomic E-state index is 12.7. The summed E-state index contributed by atoms with van der Waals surface area (Å²) >= 11 is 0. The number of sulfonamides is 1. The summed E-state index contributed by atoms with van der Waals surface area (Å²) in [6.07, 6.45) is 2.96. The second-order valence-electron chi connectivity index (χ2n) is 6.20. The molecule has 27 heavy (non-hydrogen) atoms. The van der Waals surface area contributed by atoms with Crippen LogP contribution in [0.4, 0.5) is 5.69 Å². The third-order valence-electron chi connectivity index (χ3n) is 4.34. The minimum absolute atomic E-state index is 0.292. The Morgan fingerprint density at radius 2 is 1.93 bits per heavy atom. The van der Waals surface area contributed by atoms with Gasteiger partial charge in [-0.3, -0.25) is 9.59 Å². The Morgan fingerprint density at radius 3 is 2.63 bits per heavy atom. The molecule has 1 fully saturated rings. The number of benzene rings is 1. The molecule has 0 unspecified atom stereocenters. The van der Waals surface area contributed by atoms with E-state index in [2.05, 4.69) is 5.32 Å². The Labute approximate surface area is 157 Å². The van der Waals surface area contributed by atoms with Crippen molar-refractivity contribution in [3.8, 4) is 5.75 Å². The first-order valence-electron chi connectivity index (χ1n) is 8.55. The molecule has 1 aromatic carbocycles. The van der Waals surface area contributed by atoms with E-state index < -0.39 is 21.5 Å². The standard InChI is InChI=1S/C18H21N3O5S/c1-26-15-7-4-6-14(12-15)19-17(22)13-20-9-5-8-16(18(20)23)27(24,25)21-10-2-3-11-21/h4-9,12H,2-3,10-11,13H2,1H3,(H,19,22). The van der Waals surface area contributed by atoms with Crippen molar-refractivity contribution in [3.05, 3.63) is 52.9 Å². The van der Waals surface area contributed by atoms with Crippen molar-refractivity contribution < 1.29 is 17.9 Å². The maximum Gasteiger partial charge on any atom is 0.271 e. The number of methoxy groups -OCH3 is 1. The van der Waals surface area contributed by atoms with Crippen LogP contribution in [0.25, 0.3) is 0 Å². The topological polar surface area (TPSA) is 97.7 Å². The molecule has 2 aromatic rings. The van der Waals surface area contributed by atoms with Gasteiger partial charge in [-0.1, -0.05) is 6.07 Å². The van der Waals surface area contributed by atoms with Gasteiger partial charge in [0.05, 0.1) is 7.11 Å². The fourth-order valence-electron chi connectivity index (χ4n) is 2.96. The molecule has 0 saturated carbocycles. The highest BCUT2D eigenvalue weighted by molar-refractivity contribution is 7.89. The highest BCUT2D eigenvalue weighted by Crippen LogP contribution is 2.18. The molecular formula is C18H21N3O5S. The largest absolute Gasteiger partial charge is 0.497 e. The van der Waals surface area contributed by atoms with Gasteiger partial charge in [-0.05, 0) is 37.1 Å². The van der Waals surface area contributed by atoms with Crippen LogP contribution in [0.5, 0.6) is 5.75 Å². The molecule has 1 saturated heterocycles. The summed E-state index contributed by atoms with van der Waals surface area (Å²) in [6.45, 7) is 0.527. The minimum Gasteiger partial charge on any atom is -0.497 e. The minimum atomic E-state index is -3.84. The molecule has 0 radical (unpaired) electrons. The highest BCUT2D eigenvalue weighted by Gasteiger charge is 2.30. The van der Waals surface area contributed by atoms with Crippen molar-refractivity contribution in [1.29, 1.82) is 0 Å². The molecule has 0 aliphatic carbocycles. The molecule has 0 spiro atoms. The van der Waals surface area contributed by atoms with Gasteiger partial charge in [-0.15, -0.1) is 0 Å². The number of nitrogens with zero attached hydrogens (tertiary/aromatic N) is 2. The molecule has 2 heterocycles. The lowest BCUT2D eigenvalue weighted by Crippen LogP contribution is -2.36. The van der Waals surface area contributed by atoms with Gasteiger partial charge < -0.3 is 14.6 Å². The van der Waals surface area contributed by atoms with Crippen molar-refractivity contribution >= 4 is 21.6 Å². The summed E-state index contributed by atoms with van der Waals surface area (Å²) in [4.78, 5) is 24.6. The fourth-order valence-corrected chi connectivity index (χ4v) is 4.56. The summed E-state index contributed by atoms with van der Waals surface area (Å²) in [5, 5.41) is 2.67. The summed E-state index contributed by atoms with van der Waals surface area (Å²) in [6, 6.07) is 9.55. The molecule has 0 atom stereocenters. The van der Waals surface area contributed by atoms with E-state index in [9.17, 15) is 18.0 Å². The monoisotopic (exact) mass is 391 g/mol. The number of hydrogen-bond donors (Lipinski definition) is 1. The number of rotatable bonds is 6. The predicted molar refractivity (Wildman–Crippen MR) is 100 cm³/mol. The first-order valence-corrected chi connectivity index (χ1v) is 9.99. The number of aromatic nitrogens is 1. The average molecular weight is 391 g/mol. The van der Waals surface area contributed by atoms with Gasteiger partial charge in [0.1, 0.15) is 17.2 Å². The smallest absolute Gasteiger partial charge is 0.271 e. The van der Waals surface area contributed by atoms with E-state index >= 15 is 0 Å². The molecule has 1 amide bonds. The Balaban J connectivity index is 1.79. The van der Waals surface area contributed by atoms with Gasteiger partial charge in [-0.25, -0.2) is 8.42 Å². The zero-order chi connectivity index (χ0) is 19.4. The summed E-state index contributed by atoms with van der Waals surface area (Å²) in [5.41, 5.74) is -0.182. The maximum absolute atomic E-state index is 12.7. The molecule has 1 aliphatic rings. The summed E-state index contributed by atoms with van der Waals surface area (Å²) in [7, 11) is -2.32. The number of amides is 1. The van der Waals surface area contributed by atoms with E-state index in [1.54, 1.807) is 24.3 Å². The fraction of sp³-hybridized carbons (Fsp3) is 0.333. The highest BCUT2D eigenvalue weighted by atomic mass is 32.2. The van der Waals surface area contributed by atoms with Crippen LogP contribution in [0.1, 0.15) is 12.8 Å². The van der Waals surface area contributed by atoms with Gasteiger partial charge in [-0.2, -0.15) is 4.31 Å². The van der Waals surface area contributed by atoms with Crippen LogP contribution in [0.2, 0.25) is 0 Å². The van der Waals surface area contributed by atoms with E-state index in [0.29, 0.717) is 24.5 Å². The average Bonchev–Trinajstić information content (AvgIpc) is 3.19. The second-order valence-corrected chi connectivity index (χ2v) is 8.10. The Kier molecular flexibility index (Phi) is 5.62. The van der Waals surface area contributed by atoms with Crippen molar-refractivity contribution in [2.24, 2.45) is 0 Å². The Hall–Kier alpha value is -2.65.